The van der Waals surface area contributed by atoms with Gasteiger partial charge in [0.05, 0.1) is 18.2 Å². The lowest BCUT2D eigenvalue weighted by molar-refractivity contribution is -0.125. The molecule has 1 atom stereocenters. The third-order valence-electron chi connectivity index (χ3n) is 4.57. The van der Waals surface area contributed by atoms with Gasteiger partial charge in [-0.1, -0.05) is 50.3 Å². The van der Waals surface area contributed by atoms with Crippen molar-refractivity contribution in [2.75, 3.05) is 13.2 Å². The summed E-state index contributed by atoms with van der Waals surface area (Å²) in [5.74, 6) is 0.233. The van der Waals surface area contributed by atoms with Gasteiger partial charge in [-0.2, -0.15) is 0 Å². The fourth-order valence-corrected chi connectivity index (χ4v) is 3.02. The van der Waals surface area contributed by atoms with Crippen LogP contribution in [0.3, 0.4) is 0 Å². The van der Waals surface area contributed by atoms with Gasteiger partial charge in [0, 0.05) is 6.42 Å². The number of amides is 1. The summed E-state index contributed by atoms with van der Waals surface area (Å²) in [5, 5.41) is 12.6. The van der Waals surface area contributed by atoms with Gasteiger partial charge in [0.25, 0.3) is 0 Å². The van der Waals surface area contributed by atoms with E-state index in [9.17, 15) is 14.7 Å². The van der Waals surface area contributed by atoms with Crippen molar-refractivity contribution in [1.29, 1.82) is 0 Å². The zero-order valence-corrected chi connectivity index (χ0v) is 19.6. The van der Waals surface area contributed by atoms with E-state index >= 15 is 0 Å². The number of rotatable bonds is 12. The van der Waals surface area contributed by atoms with Crippen LogP contribution in [0.5, 0.6) is 5.75 Å². The smallest absolute Gasteiger partial charge is 0.408 e. The van der Waals surface area contributed by atoms with Crippen LogP contribution < -0.4 is 10.1 Å². The maximum Gasteiger partial charge on any atom is 0.408 e. The summed E-state index contributed by atoms with van der Waals surface area (Å²) in [6.45, 7) is 8.88. The molecule has 0 spiro atoms. The number of ether oxygens (including phenoxy) is 2. The van der Waals surface area contributed by atoms with E-state index in [-0.39, 0.29) is 12.2 Å². The summed E-state index contributed by atoms with van der Waals surface area (Å²) in [6, 6.07) is 5.19. The minimum absolute atomic E-state index is 0.00384. The molecule has 7 heteroatoms. The van der Waals surface area contributed by atoms with E-state index in [0.29, 0.717) is 22.9 Å². The summed E-state index contributed by atoms with van der Waals surface area (Å²) in [5.41, 5.74) is -1.49. The molecule has 170 valence electrons. The predicted octanol–water partition coefficient (Wildman–Crippen LogP) is 5.08. The highest BCUT2D eigenvalue weighted by molar-refractivity contribution is 6.32. The number of nitrogens with one attached hydrogen (secondary N) is 1. The minimum Gasteiger partial charge on any atom is -0.492 e. The number of benzene rings is 1. The number of aliphatic hydroxyl groups excluding tert-OH is 1. The monoisotopic (exact) mass is 441 g/mol. The van der Waals surface area contributed by atoms with Crippen molar-refractivity contribution in [3.8, 4) is 5.75 Å². The second-order valence-corrected chi connectivity index (χ2v) is 9.15. The van der Waals surface area contributed by atoms with Gasteiger partial charge in [-0.15, -0.1) is 0 Å². The van der Waals surface area contributed by atoms with Gasteiger partial charge >= 0.3 is 6.09 Å². The van der Waals surface area contributed by atoms with Crippen molar-refractivity contribution < 1.29 is 24.2 Å². The zero-order chi connectivity index (χ0) is 22.8. The van der Waals surface area contributed by atoms with Crippen LogP contribution in [-0.4, -0.2) is 41.3 Å². The molecular weight excluding hydrogens is 406 g/mol. The Balaban J connectivity index is 2.66. The number of unbranched alkanes of at least 4 members (excludes halogenated alkanes) is 4. The number of Topliss-reactive ketones (excluding diaryl/α,β-unsaturated/α-hetero) is 1. The number of aliphatic hydroxyl groups is 1. The number of hydrogen-bond donors (Lipinski definition) is 2. The van der Waals surface area contributed by atoms with E-state index in [1.165, 1.54) is 26.2 Å². The van der Waals surface area contributed by atoms with E-state index in [1.54, 1.807) is 39.0 Å². The highest BCUT2D eigenvalue weighted by Gasteiger charge is 2.35. The Hall–Kier alpha value is -1.79. The Morgan fingerprint density at radius 3 is 2.33 bits per heavy atom. The van der Waals surface area contributed by atoms with Crippen molar-refractivity contribution in [3.63, 3.8) is 0 Å². The van der Waals surface area contributed by atoms with E-state index in [1.807, 2.05) is 0 Å². The molecule has 0 heterocycles. The predicted molar refractivity (Wildman–Crippen MR) is 119 cm³/mol. The number of alkyl carbamates (subject to hydrolysis) is 1. The first-order valence-electron chi connectivity index (χ1n) is 10.6. The van der Waals surface area contributed by atoms with Crippen LogP contribution in [0, 0.1) is 0 Å². The average molecular weight is 442 g/mol. The summed E-state index contributed by atoms with van der Waals surface area (Å²) < 4.78 is 10.9. The normalized spacial score (nSPS) is 13.4. The third kappa shape index (κ3) is 9.35. The van der Waals surface area contributed by atoms with Gasteiger partial charge in [0.2, 0.25) is 0 Å². The number of carbonyl (C=O) groups is 2. The molecule has 0 aliphatic rings. The number of carbonyl (C=O) groups excluding carboxylic acids is 2. The molecule has 2 N–H and O–H groups in total. The van der Waals surface area contributed by atoms with Crippen molar-refractivity contribution in [3.05, 3.63) is 28.8 Å². The van der Waals surface area contributed by atoms with E-state index in [4.69, 9.17) is 21.1 Å². The molecule has 1 aromatic carbocycles. The maximum absolute atomic E-state index is 12.8. The second kappa shape index (κ2) is 12.2. The van der Waals surface area contributed by atoms with Gasteiger partial charge in [-0.3, -0.25) is 4.79 Å². The molecule has 0 unspecified atom stereocenters. The molecule has 0 aliphatic heterocycles. The van der Waals surface area contributed by atoms with Gasteiger partial charge < -0.3 is 19.9 Å². The first-order chi connectivity index (χ1) is 14.0. The minimum atomic E-state index is -1.46. The molecular formula is C23H36ClNO5. The molecule has 0 saturated carbocycles. The highest BCUT2D eigenvalue weighted by Crippen LogP contribution is 2.26. The van der Waals surface area contributed by atoms with Crippen LogP contribution in [0.25, 0.3) is 0 Å². The lowest BCUT2D eigenvalue weighted by Gasteiger charge is -2.29. The van der Waals surface area contributed by atoms with E-state index in [0.717, 1.165) is 12.8 Å². The molecule has 1 aromatic rings. The first kappa shape index (κ1) is 26.2. The molecule has 0 saturated heterocycles. The fourth-order valence-electron chi connectivity index (χ4n) is 2.77. The highest BCUT2D eigenvalue weighted by atomic mass is 35.5. The molecule has 0 radical (unpaired) electrons. The fraction of sp³-hybridized carbons (Fsp3) is 0.652. The number of ketones is 1. The van der Waals surface area contributed by atoms with Gasteiger partial charge in [0.15, 0.2) is 5.78 Å². The van der Waals surface area contributed by atoms with Crippen LogP contribution in [0.2, 0.25) is 5.02 Å². The Morgan fingerprint density at radius 2 is 1.77 bits per heavy atom. The lowest BCUT2D eigenvalue weighted by Crippen LogP contribution is -2.56. The molecule has 0 aromatic heterocycles. The number of halogens is 1. The molecule has 1 amide bonds. The zero-order valence-electron chi connectivity index (χ0n) is 18.8. The summed E-state index contributed by atoms with van der Waals surface area (Å²) in [4.78, 5) is 24.8. The maximum atomic E-state index is 12.8. The average Bonchev–Trinajstić information content (AvgIpc) is 2.64. The molecule has 6 nitrogen and oxygen atoms in total. The molecule has 30 heavy (non-hydrogen) atoms. The van der Waals surface area contributed by atoms with Crippen LogP contribution in [0.4, 0.5) is 4.79 Å². The van der Waals surface area contributed by atoms with Gasteiger partial charge in [-0.05, 0) is 51.8 Å². The van der Waals surface area contributed by atoms with Gasteiger partial charge in [0.1, 0.15) is 16.9 Å². The summed E-state index contributed by atoms with van der Waals surface area (Å²) >= 11 is 6.31. The largest absolute Gasteiger partial charge is 0.492 e. The number of hydrogen-bond acceptors (Lipinski definition) is 5. The van der Waals surface area contributed by atoms with Gasteiger partial charge in [-0.25, -0.2) is 4.79 Å². The van der Waals surface area contributed by atoms with Crippen molar-refractivity contribution in [2.45, 2.75) is 84.3 Å². The summed E-state index contributed by atoms with van der Waals surface area (Å²) in [7, 11) is 0. The Bertz CT molecular complexity index is 701. The second-order valence-electron chi connectivity index (χ2n) is 8.74. The molecule has 0 bridgehead atoms. The van der Waals surface area contributed by atoms with Crippen LogP contribution in [0.15, 0.2) is 18.2 Å². The molecule has 0 fully saturated rings. The first-order valence-corrected chi connectivity index (χ1v) is 10.9. The van der Waals surface area contributed by atoms with Crippen LogP contribution >= 0.6 is 11.6 Å². The van der Waals surface area contributed by atoms with E-state index in [2.05, 4.69) is 12.2 Å². The molecule has 0 aliphatic carbocycles. The van der Waals surface area contributed by atoms with Crippen LogP contribution in [-0.2, 0) is 16.0 Å². The standard InChI is InChI=1S/C23H36ClNO5/c1-6-7-8-9-10-13-29-19-12-11-17(14-18(19)24)15-20(27)23(5,16-26)25-21(28)30-22(2,3)4/h11-12,14,26H,6-10,13,15-16H2,1-5H3,(H,25,28)/t23-/m0/s1. The Labute approximate surface area is 185 Å². The van der Waals surface area contributed by atoms with Crippen molar-refractivity contribution in [1.82, 2.24) is 5.32 Å². The summed E-state index contributed by atoms with van der Waals surface area (Å²) in [6.07, 6.45) is 4.99. The quantitative estimate of drug-likeness (QED) is 0.442. The van der Waals surface area contributed by atoms with Crippen molar-refractivity contribution >= 4 is 23.5 Å². The van der Waals surface area contributed by atoms with E-state index < -0.39 is 23.8 Å². The Kier molecular flexibility index (Phi) is 10.6. The van der Waals surface area contributed by atoms with Crippen LogP contribution in [0.1, 0.15) is 72.3 Å². The topological polar surface area (TPSA) is 84.9 Å². The Morgan fingerprint density at radius 1 is 1.10 bits per heavy atom. The molecule has 1 rings (SSSR count). The third-order valence-corrected chi connectivity index (χ3v) is 4.87. The van der Waals surface area contributed by atoms with Crippen molar-refractivity contribution in [2.24, 2.45) is 0 Å². The lowest BCUT2D eigenvalue weighted by atomic mass is 9.92. The SMILES string of the molecule is CCCCCCCOc1ccc(CC(=O)[C@](C)(CO)NC(=O)OC(C)(C)C)cc1Cl.